The first-order chi connectivity index (χ1) is 12.5. The summed E-state index contributed by atoms with van der Waals surface area (Å²) >= 11 is 1.85. The van der Waals surface area contributed by atoms with Crippen LogP contribution in [-0.2, 0) is 0 Å². The van der Waals surface area contributed by atoms with E-state index in [4.69, 9.17) is 0 Å². The molecule has 0 radical (unpaired) electrons. The number of pyridine rings is 1. The highest BCUT2D eigenvalue weighted by molar-refractivity contribution is 8.03. The van der Waals surface area contributed by atoms with Gasteiger partial charge in [0.05, 0.1) is 17.8 Å². The maximum atomic E-state index is 2.49. The molecule has 0 atom stereocenters. The van der Waals surface area contributed by atoms with Crippen molar-refractivity contribution in [2.45, 2.75) is 18.7 Å². The Kier molecular flexibility index (Phi) is 4.67. The molecule has 26 heavy (non-hydrogen) atoms. The third-order valence-electron chi connectivity index (χ3n) is 5.36. The zero-order chi connectivity index (χ0) is 18.3. The van der Waals surface area contributed by atoms with E-state index in [1.807, 2.05) is 11.8 Å². The van der Waals surface area contributed by atoms with Gasteiger partial charge in [-0.2, -0.15) is 5.01 Å². The van der Waals surface area contributed by atoms with E-state index in [1.54, 1.807) is 4.90 Å². The van der Waals surface area contributed by atoms with Crippen molar-refractivity contribution >= 4 is 23.5 Å². The predicted octanol–water partition coefficient (Wildman–Crippen LogP) is 1.60. The van der Waals surface area contributed by atoms with Gasteiger partial charge in [0, 0.05) is 37.9 Å². The van der Waals surface area contributed by atoms with Gasteiger partial charge < -0.3 is 9.80 Å². The fourth-order valence-electron chi connectivity index (χ4n) is 3.92. The Morgan fingerprint density at radius 3 is 2.38 bits per heavy atom. The van der Waals surface area contributed by atoms with E-state index in [2.05, 4.69) is 85.0 Å². The van der Waals surface area contributed by atoms with Crippen LogP contribution in [0.4, 0.5) is 5.69 Å². The highest BCUT2D eigenvalue weighted by atomic mass is 32.2. The number of para-hydroxylation sites is 1. The number of hydrogen-bond acceptors (Lipinski definition) is 3. The lowest BCUT2D eigenvalue weighted by atomic mass is 10.2. The van der Waals surface area contributed by atoms with Gasteiger partial charge in [-0.3, -0.25) is 0 Å². The van der Waals surface area contributed by atoms with E-state index in [0.29, 0.717) is 0 Å². The Bertz CT molecular complexity index is 830. The number of aryl methyl sites for hydroxylation is 2. The first kappa shape index (κ1) is 17.4. The van der Waals surface area contributed by atoms with Gasteiger partial charge in [-0.05, 0) is 23.8 Å². The second kappa shape index (κ2) is 6.97. The Morgan fingerprint density at radius 2 is 1.73 bits per heavy atom. The molecule has 4 nitrogen and oxygen atoms in total. The summed E-state index contributed by atoms with van der Waals surface area (Å²) in [5, 5.41) is 3.77. The predicted molar refractivity (Wildman–Crippen MR) is 109 cm³/mol. The van der Waals surface area contributed by atoms with Crippen LogP contribution in [0.2, 0.25) is 0 Å². The Balaban J connectivity index is 1.61. The number of nitrogens with zero attached hydrogens (tertiary/aromatic N) is 3. The molecule has 1 aromatic heterocycles. The number of quaternary nitrogens is 1. The highest BCUT2D eigenvalue weighted by Gasteiger charge is 2.27. The van der Waals surface area contributed by atoms with Crippen molar-refractivity contribution in [2.75, 3.05) is 50.2 Å². The van der Waals surface area contributed by atoms with Crippen LogP contribution in [-0.4, -0.2) is 40.3 Å². The molecule has 3 heterocycles. The quantitative estimate of drug-likeness (QED) is 0.811. The molecular weight excluding hydrogens is 340 g/mol. The number of rotatable bonds is 2. The average molecular weight is 369 g/mol. The van der Waals surface area contributed by atoms with Crippen LogP contribution in [0.3, 0.4) is 0 Å². The first-order valence-corrected chi connectivity index (χ1v) is 10.2. The van der Waals surface area contributed by atoms with Crippen LogP contribution in [0, 0.1) is 13.8 Å². The van der Waals surface area contributed by atoms with Gasteiger partial charge in [0.15, 0.2) is 0 Å². The maximum Gasteiger partial charge on any atom is 0.209 e. The Labute approximate surface area is 160 Å². The van der Waals surface area contributed by atoms with E-state index >= 15 is 0 Å². The van der Waals surface area contributed by atoms with Gasteiger partial charge >= 0.3 is 0 Å². The lowest BCUT2D eigenvalue weighted by Gasteiger charge is -2.28. The van der Waals surface area contributed by atoms with Gasteiger partial charge in [0.2, 0.25) is 11.4 Å². The maximum absolute atomic E-state index is 2.49. The summed E-state index contributed by atoms with van der Waals surface area (Å²) in [5.41, 5.74) is 5.18. The summed E-state index contributed by atoms with van der Waals surface area (Å²) in [4.78, 5) is 5.25. The molecule has 1 fully saturated rings. The molecule has 1 N–H and O–H groups in total. The van der Waals surface area contributed by atoms with Crippen molar-refractivity contribution in [1.29, 1.82) is 0 Å². The minimum Gasteiger partial charge on any atom is -0.338 e. The Hall–Kier alpha value is -1.98. The summed E-state index contributed by atoms with van der Waals surface area (Å²) in [7, 11) is 4.44. The molecular formula is C21H28N4S+2. The standard InChI is InChI=1S/C21H27N4S/c1-16-13-18(14-17(2)25(16)24-11-9-22(3)10-12-24)15-21-23(4)19-7-5-6-8-20(19)26-21/h5-8,13-15H,9-12H2,1-4H3/q+1/p+1. The summed E-state index contributed by atoms with van der Waals surface area (Å²) in [5.74, 6) is 0. The van der Waals surface area contributed by atoms with Crippen LogP contribution in [0.1, 0.15) is 17.0 Å². The van der Waals surface area contributed by atoms with Crippen LogP contribution in [0.25, 0.3) is 6.08 Å². The molecule has 0 saturated carbocycles. The van der Waals surface area contributed by atoms with Gasteiger partial charge in [0.25, 0.3) is 0 Å². The van der Waals surface area contributed by atoms with Crippen LogP contribution in [0.5, 0.6) is 0 Å². The first-order valence-electron chi connectivity index (χ1n) is 9.35. The van der Waals surface area contributed by atoms with Crippen LogP contribution < -0.4 is 19.5 Å². The molecule has 0 bridgehead atoms. The molecule has 2 aliphatic rings. The molecule has 2 aliphatic heterocycles. The van der Waals surface area contributed by atoms with Crippen molar-refractivity contribution in [3.8, 4) is 0 Å². The number of piperazine rings is 1. The minimum atomic E-state index is 1.12. The number of likely N-dealkylation sites (N-methyl/N-ethyl adjacent to an activating group) is 1. The van der Waals surface area contributed by atoms with Crippen LogP contribution in [0.15, 0.2) is 46.3 Å². The third kappa shape index (κ3) is 3.21. The van der Waals surface area contributed by atoms with E-state index in [9.17, 15) is 0 Å². The smallest absolute Gasteiger partial charge is 0.209 e. The molecule has 2 aromatic rings. The van der Waals surface area contributed by atoms with E-state index in [0.717, 1.165) is 13.1 Å². The molecule has 0 amide bonds. The molecule has 1 aromatic carbocycles. The highest BCUT2D eigenvalue weighted by Crippen LogP contribution is 2.45. The summed E-state index contributed by atoms with van der Waals surface area (Å²) in [6.45, 7) is 9.09. The van der Waals surface area contributed by atoms with Crippen molar-refractivity contribution in [1.82, 2.24) is 0 Å². The fraction of sp³-hybridized carbons (Fsp3) is 0.381. The zero-order valence-corrected chi connectivity index (χ0v) is 16.9. The second-order valence-electron chi connectivity index (χ2n) is 7.41. The number of nitrogens with one attached hydrogen (secondary N) is 1. The fourth-order valence-corrected chi connectivity index (χ4v) is 5.03. The number of thioether (sulfide) groups is 1. The molecule has 0 spiro atoms. The minimum absolute atomic E-state index is 1.12. The Morgan fingerprint density at radius 1 is 1.08 bits per heavy atom. The van der Waals surface area contributed by atoms with Gasteiger partial charge in [-0.1, -0.05) is 28.6 Å². The van der Waals surface area contributed by atoms with Gasteiger partial charge in [-0.15, -0.1) is 0 Å². The van der Waals surface area contributed by atoms with Crippen molar-refractivity contribution in [2.24, 2.45) is 0 Å². The zero-order valence-electron chi connectivity index (χ0n) is 16.1. The molecule has 136 valence electrons. The largest absolute Gasteiger partial charge is 0.338 e. The molecule has 0 aliphatic carbocycles. The third-order valence-corrected chi connectivity index (χ3v) is 6.52. The lowest BCUT2D eigenvalue weighted by molar-refractivity contribution is -0.888. The molecule has 5 heteroatoms. The molecule has 4 rings (SSSR count). The molecule has 0 unspecified atom stereocenters. The molecule has 1 saturated heterocycles. The van der Waals surface area contributed by atoms with E-state index < -0.39 is 0 Å². The van der Waals surface area contributed by atoms with E-state index in [-0.39, 0.29) is 0 Å². The summed E-state index contributed by atoms with van der Waals surface area (Å²) in [6.07, 6.45) is 2.31. The monoisotopic (exact) mass is 368 g/mol. The SMILES string of the molecule is Cc1cc(C=C2Sc3ccccc3N2C)cc(C)[n+]1N1CC[NH+](C)CC1. The lowest BCUT2D eigenvalue weighted by Crippen LogP contribution is -3.12. The number of benzene rings is 1. The summed E-state index contributed by atoms with van der Waals surface area (Å²) < 4.78 is 2.40. The normalized spacial score (nSPS) is 19.3. The number of aromatic nitrogens is 1. The van der Waals surface area contributed by atoms with E-state index in [1.165, 1.54) is 45.7 Å². The number of hydrogen-bond donors (Lipinski definition) is 1. The van der Waals surface area contributed by atoms with Crippen molar-refractivity contribution < 1.29 is 9.58 Å². The van der Waals surface area contributed by atoms with Gasteiger partial charge in [0.1, 0.15) is 26.2 Å². The van der Waals surface area contributed by atoms with Crippen molar-refractivity contribution in [3.05, 3.63) is 58.4 Å². The second-order valence-corrected chi connectivity index (χ2v) is 8.47. The average Bonchev–Trinajstić information content (AvgIpc) is 2.92. The number of fused-ring (bicyclic) bond motifs is 1. The van der Waals surface area contributed by atoms with Crippen LogP contribution >= 0.6 is 11.8 Å². The number of anilines is 1. The summed E-state index contributed by atoms with van der Waals surface area (Å²) in [6, 6.07) is 13.2. The van der Waals surface area contributed by atoms with Gasteiger partial charge in [-0.25, -0.2) is 0 Å². The van der Waals surface area contributed by atoms with Crippen molar-refractivity contribution in [3.63, 3.8) is 0 Å². The topological polar surface area (TPSA) is 14.8 Å².